The highest BCUT2D eigenvalue weighted by molar-refractivity contribution is 5.15. The SMILES string of the molecule is OC[C@H]1O[C@H](OC23CC4CC(CC(C4)C2)C3)[C@H](OCc2ccccc2)[C@@H](OCc2ccccc2)[C@H]1O. The maximum Gasteiger partial charge on any atom is 0.187 e. The van der Waals surface area contributed by atoms with Gasteiger partial charge < -0.3 is 29.2 Å². The molecule has 2 aromatic rings. The van der Waals surface area contributed by atoms with Gasteiger partial charge in [0.2, 0.25) is 0 Å². The van der Waals surface area contributed by atoms with E-state index < -0.39 is 30.7 Å². The minimum absolute atomic E-state index is 0.208. The normalized spacial score (nSPS) is 39.4. The van der Waals surface area contributed by atoms with Crippen LogP contribution < -0.4 is 0 Å². The Morgan fingerprint density at radius 3 is 1.75 bits per heavy atom. The Bertz CT molecular complexity index is 946. The minimum atomic E-state index is -1.03. The Balaban J connectivity index is 1.25. The van der Waals surface area contributed by atoms with Crippen LogP contribution in [-0.2, 0) is 32.2 Å². The van der Waals surface area contributed by atoms with Crippen molar-refractivity contribution in [2.24, 2.45) is 17.8 Å². The van der Waals surface area contributed by atoms with Crippen molar-refractivity contribution in [2.45, 2.75) is 88.0 Å². The highest BCUT2D eigenvalue weighted by atomic mass is 16.7. The molecule has 6 nitrogen and oxygen atoms in total. The lowest BCUT2D eigenvalue weighted by Gasteiger charge is -2.58. The smallest absolute Gasteiger partial charge is 0.187 e. The summed E-state index contributed by atoms with van der Waals surface area (Å²) in [5, 5.41) is 21.2. The van der Waals surface area contributed by atoms with Crippen LogP contribution in [0.5, 0.6) is 0 Å². The van der Waals surface area contributed by atoms with Crippen molar-refractivity contribution in [1.29, 1.82) is 0 Å². The zero-order chi connectivity index (χ0) is 24.5. The largest absolute Gasteiger partial charge is 0.394 e. The maximum absolute atomic E-state index is 11.2. The summed E-state index contributed by atoms with van der Waals surface area (Å²) >= 11 is 0. The summed E-state index contributed by atoms with van der Waals surface area (Å²) in [5.74, 6) is 2.19. The molecular weight excluding hydrogens is 456 g/mol. The van der Waals surface area contributed by atoms with Crippen molar-refractivity contribution in [3.05, 3.63) is 71.8 Å². The van der Waals surface area contributed by atoms with Gasteiger partial charge in [-0.3, -0.25) is 0 Å². The quantitative estimate of drug-likeness (QED) is 0.544. The fraction of sp³-hybridized carbons (Fsp3) is 0.600. The van der Waals surface area contributed by atoms with E-state index >= 15 is 0 Å². The molecule has 0 aromatic heterocycles. The zero-order valence-corrected chi connectivity index (χ0v) is 20.8. The van der Waals surface area contributed by atoms with Gasteiger partial charge in [-0.2, -0.15) is 0 Å². The van der Waals surface area contributed by atoms with Crippen LogP contribution in [0.3, 0.4) is 0 Å². The Morgan fingerprint density at radius 2 is 1.25 bits per heavy atom. The molecule has 6 heteroatoms. The fourth-order valence-electron chi connectivity index (χ4n) is 7.46. The average molecular weight is 495 g/mol. The maximum atomic E-state index is 11.2. The van der Waals surface area contributed by atoms with Crippen LogP contribution in [-0.4, -0.2) is 53.1 Å². The molecule has 7 rings (SSSR count). The first-order valence-electron chi connectivity index (χ1n) is 13.5. The lowest BCUT2D eigenvalue weighted by Crippen LogP contribution is -2.63. The monoisotopic (exact) mass is 494 g/mol. The van der Waals surface area contributed by atoms with Crippen LogP contribution in [0.1, 0.15) is 49.7 Å². The van der Waals surface area contributed by atoms with Crippen molar-refractivity contribution < 1.29 is 29.2 Å². The molecule has 4 aliphatic carbocycles. The molecule has 4 saturated carbocycles. The van der Waals surface area contributed by atoms with E-state index in [9.17, 15) is 10.2 Å². The van der Waals surface area contributed by atoms with Gasteiger partial charge in [-0.1, -0.05) is 60.7 Å². The first kappa shape index (κ1) is 24.5. The van der Waals surface area contributed by atoms with E-state index in [1.54, 1.807) is 0 Å². The Labute approximate surface area is 213 Å². The minimum Gasteiger partial charge on any atom is -0.394 e. The van der Waals surface area contributed by atoms with Crippen LogP contribution >= 0.6 is 0 Å². The van der Waals surface area contributed by atoms with Gasteiger partial charge >= 0.3 is 0 Å². The summed E-state index contributed by atoms with van der Waals surface area (Å²) in [7, 11) is 0. The highest BCUT2D eigenvalue weighted by Gasteiger charge is 2.56. The van der Waals surface area contributed by atoms with Gasteiger partial charge in [0.05, 0.1) is 25.4 Å². The molecular formula is C30H38O6. The number of rotatable bonds is 9. The number of aliphatic hydroxyl groups excluding tert-OH is 2. The van der Waals surface area contributed by atoms with Gasteiger partial charge in [-0.25, -0.2) is 0 Å². The topological polar surface area (TPSA) is 77.4 Å². The molecule has 194 valence electrons. The fourth-order valence-corrected chi connectivity index (χ4v) is 7.46. The van der Waals surface area contributed by atoms with Crippen LogP contribution in [0.25, 0.3) is 0 Å². The van der Waals surface area contributed by atoms with E-state index in [4.69, 9.17) is 18.9 Å². The molecule has 5 atom stereocenters. The standard InChI is InChI=1S/C30H38O6/c31-17-25-26(32)27(33-18-20-7-3-1-4-8-20)28(34-19-21-9-5-2-6-10-21)29(35-25)36-30-14-22-11-23(15-30)13-24(12-22)16-30/h1-10,22-29,31-32H,11-19H2/t22?,23?,24?,25-,26+,27+,28-,29-,30?/m1/s1. The molecule has 2 N–H and O–H groups in total. The Morgan fingerprint density at radius 1 is 0.750 bits per heavy atom. The summed E-state index contributed by atoms with van der Waals surface area (Å²) in [5.41, 5.74) is 1.84. The van der Waals surface area contributed by atoms with Gasteiger partial charge in [0.25, 0.3) is 0 Å². The summed E-state index contributed by atoms with van der Waals surface area (Å²) < 4.78 is 25.9. The number of aliphatic hydroxyl groups is 2. The van der Waals surface area contributed by atoms with Crippen molar-refractivity contribution >= 4 is 0 Å². The summed E-state index contributed by atoms with van der Waals surface area (Å²) in [6.07, 6.45) is 3.29. The van der Waals surface area contributed by atoms with E-state index in [0.717, 1.165) is 48.1 Å². The molecule has 36 heavy (non-hydrogen) atoms. The lowest BCUT2D eigenvalue weighted by atomic mass is 9.54. The van der Waals surface area contributed by atoms with E-state index in [0.29, 0.717) is 13.2 Å². The van der Waals surface area contributed by atoms with Crippen molar-refractivity contribution in [3.63, 3.8) is 0 Å². The molecule has 0 unspecified atom stereocenters. The van der Waals surface area contributed by atoms with Crippen LogP contribution in [0.2, 0.25) is 0 Å². The third-order valence-electron chi connectivity index (χ3n) is 8.72. The highest BCUT2D eigenvalue weighted by Crippen LogP contribution is 2.57. The van der Waals surface area contributed by atoms with Crippen molar-refractivity contribution in [2.75, 3.05) is 6.61 Å². The second kappa shape index (κ2) is 10.5. The molecule has 0 amide bonds. The van der Waals surface area contributed by atoms with E-state index in [2.05, 4.69) is 0 Å². The molecule has 4 bridgehead atoms. The van der Waals surface area contributed by atoms with Crippen LogP contribution in [0, 0.1) is 17.8 Å². The second-order valence-corrected chi connectivity index (χ2v) is 11.5. The molecule has 0 radical (unpaired) electrons. The number of hydrogen-bond donors (Lipinski definition) is 2. The third kappa shape index (κ3) is 5.13. The first-order chi connectivity index (χ1) is 17.6. The zero-order valence-electron chi connectivity index (χ0n) is 20.8. The molecule has 1 saturated heterocycles. The number of hydrogen-bond acceptors (Lipinski definition) is 6. The molecule has 0 spiro atoms. The van der Waals surface area contributed by atoms with Gasteiger partial charge in [-0.05, 0) is 67.4 Å². The molecule has 2 aromatic carbocycles. The average Bonchev–Trinajstić information content (AvgIpc) is 2.88. The predicted octanol–water partition coefficient (Wildman–Crippen LogP) is 4.22. The van der Waals surface area contributed by atoms with E-state index in [-0.39, 0.29) is 12.2 Å². The van der Waals surface area contributed by atoms with E-state index in [1.165, 1.54) is 19.3 Å². The van der Waals surface area contributed by atoms with Gasteiger partial charge in [-0.15, -0.1) is 0 Å². The molecule has 1 aliphatic heterocycles. The van der Waals surface area contributed by atoms with Gasteiger partial charge in [0.1, 0.15) is 24.4 Å². The van der Waals surface area contributed by atoms with Crippen LogP contribution in [0.4, 0.5) is 0 Å². The predicted molar refractivity (Wildman–Crippen MR) is 134 cm³/mol. The van der Waals surface area contributed by atoms with Gasteiger partial charge in [0, 0.05) is 0 Å². The van der Waals surface area contributed by atoms with Gasteiger partial charge in [0.15, 0.2) is 6.29 Å². The van der Waals surface area contributed by atoms with Crippen molar-refractivity contribution in [1.82, 2.24) is 0 Å². The molecule has 5 aliphatic rings. The number of ether oxygens (including phenoxy) is 4. The first-order valence-corrected chi connectivity index (χ1v) is 13.5. The molecule has 1 heterocycles. The second-order valence-electron chi connectivity index (χ2n) is 11.5. The Kier molecular flexibility index (Phi) is 7.17. The summed E-state index contributed by atoms with van der Waals surface area (Å²) in [4.78, 5) is 0. The lowest BCUT2D eigenvalue weighted by molar-refractivity contribution is -0.354. The number of benzene rings is 2. The molecule has 5 fully saturated rings. The van der Waals surface area contributed by atoms with E-state index in [1.807, 2.05) is 60.7 Å². The van der Waals surface area contributed by atoms with Crippen LogP contribution in [0.15, 0.2) is 60.7 Å². The Hall–Kier alpha value is -1.80. The summed E-state index contributed by atoms with van der Waals surface area (Å²) in [6, 6.07) is 19.9. The van der Waals surface area contributed by atoms with Crippen molar-refractivity contribution in [3.8, 4) is 0 Å². The summed E-state index contributed by atoms with van der Waals surface area (Å²) in [6.45, 7) is 0.381. The third-order valence-corrected chi connectivity index (χ3v) is 8.72.